The van der Waals surface area contributed by atoms with Crippen LogP contribution in [0.15, 0.2) is 84.3 Å². The van der Waals surface area contributed by atoms with Gasteiger partial charge in [-0.3, -0.25) is 9.78 Å². The summed E-state index contributed by atoms with van der Waals surface area (Å²) in [5.41, 5.74) is 8.03. The van der Waals surface area contributed by atoms with Crippen molar-refractivity contribution in [3.8, 4) is 11.1 Å². The molecule has 0 radical (unpaired) electrons. The van der Waals surface area contributed by atoms with Crippen LogP contribution in [0.1, 0.15) is 55.8 Å². The van der Waals surface area contributed by atoms with E-state index in [4.69, 9.17) is 0 Å². The number of aliphatic carboxylic acids is 1. The molecule has 3 atom stereocenters. The Hall–Kier alpha value is -3.81. The number of aromatic nitrogens is 1. The van der Waals surface area contributed by atoms with Crippen LogP contribution in [0.25, 0.3) is 11.1 Å². The van der Waals surface area contributed by atoms with E-state index in [0.29, 0.717) is 6.42 Å². The van der Waals surface area contributed by atoms with Crippen molar-refractivity contribution in [1.82, 2.24) is 14.8 Å². The number of carboxylic acids is 1. The average Bonchev–Trinajstić information content (AvgIpc) is 2.89. The van der Waals surface area contributed by atoms with Crippen LogP contribution < -0.4 is 0 Å². The van der Waals surface area contributed by atoms with Gasteiger partial charge in [0.1, 0.15) is 30.4 Å². The Kier molecular flexibility index (Phi) is 7.86. The zero-order valence-corrected chi connectivity index (χ0v) is 25.0. The minimum absolute atomic E-state index is 0.0159. The van der Waals surface area contributed by atoms with E-state index in [9.17, 15) is 14.7 Å². The number of hydrogen-bond acceptors (Lipinski definition) is 5. The lowest BCUT2D eigenvalue weighted by Gasteiger charge is -2.52. The Morgan fingerprint density at radius 3 is 2.46 bits per heavy atom. The highest BCUT2D eigenvalue weighted by Gasteiger charge is 2.60. The van der Waals surface area contributed by atoms with Gasteiger partial charge in [0.2, 0.25) is 0 Å². The topological polar surface area (TPSA) is 73.7 Å². The Morgan fingerprint density at radius 1 is 1.12 bits per heavy atom. The summed E-state index contributed by atoms with van der Waals surface area (Å²) in [4.78, 5) is 35.9. The molecule has 1 N–H and O–H groups in total. The van der Waals surface area contributed by atoms with Crippen LogP contribution >= 0.6 is 0 Å². The fraction of sp³-hybridized carbons (Fsp3) is 0.382. The number of carbonyl (C=O) groups excluding carboxylic acids is 1. The number of amides is 1. The number of carbonyl (C=O) groups is 2. The van der Waals surface area contributed by atoms with Crippen molar-refractivity contribution in [3.05, 3.63) is 101 Å². The fourth-order valence-electron chi connectivity index (χ4n) is 6.48. The lowest BCUT2D eigenvalue weighted by molar-refractivity contribution is -0.813. The van der Waals surface area contributed by atoms with E-state index in [1.54, 1.807) is 6.20 Å². The van der Waals surface area contributed by atoms with E-state index in [1.807, 2.05) is 30.6 Å². The molecule has 41 heavy (non-hydrogen) atoms. The highest BCUT2D eigenvalue weighted by Crippen LogP contribution is 2.51. The number of fused-ring (bicyclic) bond motifs is 2. The largest absolute Gasteiger partial charge is 0.481 e. The average molecular weight is 554 g/mol. The molecule has 0 aliphatic carbocycles. The van der Waals surface area contributed by atoms with Gasteiger partial charge < -0.3 is 14.9 Å². The quantitative estimate of drug-likeness (QED) is 0.359. The molecule has 4 heterocycles. The summed E-state index contributed by atoms with van der Waals surface area (Å²) >= 11 is 0. The summed E-state index contributed by atoms with van der Waals surface area (Å²) in [5.74, 6) is -0.638. The molecule has 7 heteroatoms. The molecule has 1 aromatic carbocycles. The molecule has 0 fully saturated rings. The van der Waals surface area contributed by atoms with Crippen LogP contribution in [0.4, 0.5) is 0 Å². The second-order valence-electron chi connectivity index (χ2n) is 12.2. The number of aryl methyl sites for hydroxylation is 2. The first-order valence-corrected chi connectivity index (χ1v) is 14.4. The SMILES string of the molecule is Cc1cccc(C)c1-c1cncc([C@H](CC(=O)O)[N+]23C=CC2=C2C=CC(CCN(C)C)=CN2[C@@H](CC(C)C)C3=O)c1. The molecule has 0 saturated heterocycles. The van der Waals surface area contributed by atoms with Crippen LogP contribution in [0.3, 0.4) is 0 Å². The third-order valence-electron chi connectivity index (χ3n) is 8.47. The summed E-state index contributed by atoms with van der Waals surface area (Å²) < 4.78 is -0.0986. The maximum Gasteiger partial charge on any atom is 0.346 e. The van der Waals surface area contributed by atoms with Gasteiger partial charge in [-0.25, -0.2) is 4.79 Å². The number of nitrogens with zero attached hydrogens (tertiary/aromatic N) is 4. The van der Waals surface area contributed by atoms with E-state index < -0.39 is 18.1 Å². The molecule has 7 nitrogen and oxygen atoms in total. The minimum Gasteiger partial charge on any atom is -0.481 e. The lowest BCUT2D eigenvalue weighted by atomic mass is 9.86. The number of rotatable bonds is 10. The first kappa shape index (κ1) is 28.7. The third-order valence-corrected chi connectivity index (χ3v) is 8.47. The Bertz CT molecular complexity index is 1480. The third kappa shape index (κ3) is 5.20. The monoisotopic (exact) mass is 553 g/mol. The van der Waals surface area contributed by atoms with Crippen molar-refractivity contribution in [2.45, 2.75) is 59.0 Å². The van der Waals surface area contributed by atoms with Crippen LogP contribution in [0.5, 0.6) is 0 Å². The van der Waals surface area contributed by atoms with Gasteiger partial charge in [-0.15, -0.1) is 0 Å². The van der Waals surface area contributed by atoms with Crippen molar-refractivity contribution in [2.24, 2.45) is 5.92 Å². The molecule has 0 bridgehead atoms. The molecule has 0 saturated carbocycles. The van der Waals surface area contributed by atoms with Gasteiger partial charge in [-0.1, -0.05) is 38.1 Å². The van der Waals surface area contributed by atoms with Gasteiger partial charge in [-0.2, -0.15) is 4.48 Å². The number of benzene rings is 1. The van der Waals surface area contributed by atoms with Gasteiger partial charge in [0.15, 0.2) is 5.70 Å². The Morgan fingerprint density at radius 2 is 1.85 bits per heavy atom. The molecular formula is C34H41N4O3+. The Labute approximate surface area is 243 Å². The molecular weight excluding hydrogens is 512 g/mol. The van der Waals surface area contributed by atoms with Gasteiger partial charge in [0.25, 0.3) is 0 Å². The maximum atomic E-state index is 14.7. The molecule has 3 aliphatic rings. The van der Waals surface area contributed by atoms with E-state index >= 15 is 0 Å². The van der Waals surface area contributed by atoms with Gasteiger partial charge in [0, 0.05) is 36.3 Å². The molecule has 0 spiro atoms. The molecule has 2 aromatic rings. The van der Waals surface area contributed by atoms with Gasteiger partial charge >= 0.3 is 11.9 Å². The maximum absolute atomic E-state index is 14.7. The summed E-state index contributed by atoms with van der Waals surface area (Å²) in [5, 5.41) is 10.1. The smallest absolute Gasteiger partial charge is 0.346 e. The summed E-state index contributed by atoms with van der Waals surface area (Å²) in [7, 11) is 4.12. The van der Waals surface area contributed by atoms with Crippen LogP contribution in [0, 0.1) is 19.8 Å². The van der Waals surface area contributed by atoms with Gasteiger partial charge in [0.05, 0.1) is 6.08 Å². The highest BCUT2D eigenvalue weighted by molar-refractivity contribution is 5.82. The fourth-order valence-corrected chi connectivity index (χ4v) is 6.48. The molecule has 3 aliphatic heterocycles. The van der Waals surface area contributed by atoms with Crippen molar-refractivity contribution in [3.63, 3.8) is 0 Å². The van der Waals surface area contributed by atoms with Crippen molar-refractivity contribution >= 4 is 11.9 Å². The second-order valence-corrected chi connectivity index (χ2v) is 12.2. The van der Waals surface area contributed by atoms with E-state index in [2.05, 4.69) is 87.1 Å². The first-order valence-electron chi connectivity index (χ1n) is 14.4. The van der Waals surface area contributed by atoms with Crippen LogP contribution in [0.2, 0.25) is 0 Å². The Balaban J connectivity index is 1.64. The number of hydrogen-bond donors (Lipinski definition) is 1. The standard InChI is InChI=1S/C34H40N4O3/c1-22(2)16-29-34(41)38(15-13-30(38)28-11-10-25(21-37(28)29)12-14-36(5)6)31(18-32(39)40)26-17-27(20-35-19-26)33-23(3)8-7-9-24(33)4/h7-11,13,15,17,19-22,29,31H,12,14,16,18H2,1-6H3/p+1/t29-,31-,38?/m0/s1. The normalized spacial score (nSPS) is 22.0. The summed E-state index contributed by atoms with van der Waals surface area (Å²) in [6, 6.07) is 7.18. The number of quaternary nitrogens is 1. The van der Waals surface area contributed by atoms with E-state index in [-0.39, 0.29) is 22.7 Å². The zero-order chi connectivity index (χ0) is 29.5. The summed E-state index contributed by atoms with van der Waals surface area (Å²) in [6.45, 7) is 9.32. The van der Waals surface area contributed by atoms with Crippen LogP contribution in [-0.2, 0) is 9.59 Å². The number of carboxylic acid groups (broad SMARTS) is 1. The second kappa shape index (κ2) is 11.2. The van der Waals surface area contributed by atoms with Crippen molar-refractivity contribution < 1.29 is 19.2 Å². The zero-order valence-electron chi connectivity index (χ0n) is 25.0. The predicted octanol–water partition coefficient (Wildman–Crippen LogP) is 6.10. The minimum atomic E-state index is -0.940. The van der Waals surface area contributed by atoms with Crippen molar-refractivity contribution in [2.75, 3.05) is 20.6 Å². The van der Waals surface area contributed by atoms with E-state index in [1.165, 1.54) is 5.57 Å². The van der Waals surface area contributed by atoms with Gasteiger partial charge in [-0.05, 0) is 81.1 Å². The van der Waals surface area contributed by atoms with Crippen molar-refractivity contribution in [1.29, 1.82) is 0 Å². The molecule has 5 rings (SSSR count). The predicted molar refractivity (Wildman–Crippen MR) is 161 cm³/mol. The molecule has 1 unspecified atom stereocenters. The molecule has 214 valence electrons. The number of allylic oxidation sites excluding steroid dienone is 3. The van der Waals surface area contributed by atoms with E-state index in [0.717, 1.165) is 52.2 Å². The first-order chi connectivity index (χ1) is 19.5. The lowest BCUT2D eigenvalue weighted by Crippen LogP contribution is -2.64. The molecule has 1 aromatic heterocycles. The summed E-state index contributed by atoms with van der Waals surface area (Å²) in [6.07, 6.45) is 15.2. The highest BCUT2D eigenvalue weighted by atomic mass is 16.4. The van der Waals surface area contributed by atoms with Crippen LogP contribution in [-0.4, -0.2) is 62.9 Å². The number of pyridine rings is 1. The molecule has 1 amide bonds.